The monoisotopic (exact) mass is 265 g/mol. The Bertz CT molecular complexity index is 562. The van der Waals surface area contributed by atoms with Crippen molar-refractivity contribution in [3.63, 3.8) is 0 Å². The fraction of sp³-hybridized carbons (Fsp3) is 0.364. The van der Waals surface area contributed by atoms with Crippen molar-refractivity contribution in [2.45, 2.75) is 25.1 Å². The average Bonchev–Trinajstić information content (AvgIpc) is 2.26. The predicted molar refractivity (Wildman–Crippen MR) is 68.4 cm³/mol. The highest BCUT2D eigenvalue weighted by Gasteiger charge is 2.42. The van der Waals surface area contributed by atoms with Gasteiger partial charge in [-0.05, 0) is 25.2 Å². The molecular weight excluding hydrogens is 254 g/mol. The molecule has 94 valence electrons. The summed E-state index contributed by atoms with van der Waals surface area (Å²) in [7, 11) is 0. The van der Waals surface area contributed by atoms with Crippen molar-refractivity contribution in [3.05, 3.63) is 33.9 Å². The van der Waals surface area contributed by atoms with E-state index in [0.29, 0.717) is 17.3 Å². The van der Waals surface area contributed by atoms with Gasteiger partial charge in [0.1, 0.15) is 5.75 Å². The molecule has 1 saturated heterocycles. The molecule has 2 atom stereocenters. The average molecular weight is 265 g/mol. The molecule has 1 fully saturated rings. The molecule has 0 amide bonds. The Hall–Kier alpha value is -1.89. The zero-order chi connectivity index (χ0) is 12.9. The number of ether oxygens (including phenoxy) is 1. The van der Waals surface area contributed by atoms with Crippen molar-refractivity contribution >= 4 is 23.0 Å². The van der Waals surface area contributed by atoms with Crippen molar-refractivity contribution in [1.82, 2.24) is 10.6 Å². The Kier molecular flexibility index (Phi) is 2.21. The van der Waals surface area contributed by atoms with Crippen LogP contribution in [0.3, 0.4) is 0 Å². The number of hydrogen-bond acceptors (Lipinski definition) is 4. The zero-order valence-electron chi connectivity index (χ0n) is 9.60. The van der Waals surface area contributed by atoms with E-state index in [9.17, 15) is 10.1 Å². The van der Waals surface area contributed by atoms with Crippen LogP contribution < -0.4 is 15.4 Å². The highest BCUT2D eigenvalue weighted by Crippen LogP contribution is 2.41. The summed E-state index contributed by atoms with van der Waals surface area (Å²) in [5.41, 5.74) is 0.300. The fourth-order valence-corrected chi connectivity index (χ4v) is 2.80. The van der Waals surface area contributed by atoms with E-state index in [1.165, 1.54) is 6.07 Å². The van der Waals surface area contributed by atoms with Crippen LogP contribution in [0.2, 0.25) is 0 Å². The molecule has 2 aliphatic rings. The van der Waals surface area contributed by atoms with Crippen molar-refractivity contribution in [3.8, 4) is 5.75 Å². The minimum absolute atomic E-state index is 0.0487. The molecule has 1 aromatic carbocycles. The lowest BCUT2D eigenvalue weighted by Gasteiger charge is -2.45. The SMILES string of the molecule is C[C@@]12C[C@@H](NC(=S)N1)c1cc([N+](=O)[O-])ccc1O2. The normalized spacial score (nSPS) is 28.5. The van der Waals surface area contributed by atoms with E-state index in [2.05, 4.69) is 10.6 Å². The van der Waals surface area contributed by atoms with Crippen LogP contribution in [0.25, 0.3) is 0 Å². The third kappa shape index (κ3) is 1.67. The maximum Gasteiger partial charge on any atom is 0.270 e. The Labute approximate surface area is 108 Å². The Morgan fingerprint density at radius 1 is 1.61 bits per heavy atom. The van der Waals surface area contributed by atoms with Gasteiger partial charge in [0, 0.05) is 24.1 Å². The van der Waals surface area contributed by atoms with Crippen LogP contribution in [0.1, 0.15) is 24.9 Å². The Morgan fingerprint density at radius 2 is 2.39 bits per heavy atom. The second-order valence-electron chi connectivity index (χ2n) is 4.67. The van der Waals surface area contributed by atoms with Gasteiger partial charge in [0.2, 0.25) is 0 Å². The molecule has 0 unspecified atom stereocenters. The summed E-state index contributed by atoms with van der Waals surface area (Å²) in [6.45, 7) is 1.91. The molecule has 0 aliphatic carbocycles. The van der Waals surface area contributed by atoms with Crippen LogP contribution in [-0.2, 0) is 0 Å². The quantitative estimate of drug-likeness (QED) is 0.456. The van der Waals surface area contributed by atoms with E-state index in [-0.39, 0.29) is 11.7 Å². The van der Waals surface area contributed by atoms with Crippen LogP contribution in [-0.4, -0.2) is 15.8 Å². The number of nitro groups is 1. The number of rotatable bonds is 1. The summed E-state index contributed by atoms with van der Waals surface area (Å²) in [5, 5.41) is 17.5. The maximum atomic E-state index is 10.8. The van der Waals surface area contributed by atoms with Crippen molar-refractivity contribution in [1.29, 1.82) is 0 Å². The van der Waals surface area contributed by atoms with Gasteiger partial charge in [-0.1, -0.05) is 0 Å². The second kappa shape index (κ2) is 3.55. The third-order valence-electron chi connectivity index (χ3n) is 3.19. The highest BCUT2D eigenvalue weighted by atomic mass is 32.1. The zero-order valence-corrected chi connectivity index (χ0v) is 10.4. The van der Waals surface area contributed by atoms with Gasteiger partial charge in [-0.15, -0.1) is 0 Å². The molecule has 0 radical (unpaired) electrons. The van der Waals surface area contributed by atoms with Crippen LogP contribution in [0.5, 0.6) is 5.75 Å². The van der Waals surface area contributed by atoms with Gasteiger partial charge in [0.15, 0.2) is 10.8 Å². The minimum Gasteiger partial charge on any atom is -0.468 e. The molecule has 2 N–H and O–H groups in total. The largest absolute Gasteiger partial charge is 0.468 e. The lowest BCUT2D eigenvalue weighted by Crippen LogP contribution is -2.62. The summed E-state index contributed by atoms with van der Waals surface area (Å²) >= 11 is 5.11. The minimum atomic E-state index is -0.546. The number of nitrogens with zero attached hydrogens (tertiary/aromatic N) is 1. The number of thiocarbonyl (C=S) groups is 1. The summed E-state index contributed by atoms with van der Waals surface area (Å²) < 4.78 is 5.83. The van der Waals surface area contributed by atoms with Crippen LogP contribution >= 0.6 is 12.2 Å². The summed E-state index contributed by atoms with van der Waals surface area (Å²) in [6.07, 6.45) is 0.668. The van der Waals surface area contributed by atoms with Crippen molar-refractivity contribution in [2.75, 3.05) is 0 Å². The molecule has 0 spiro atoms. The fourth-order valence-electron chi connectivity index (χ4n) is 2.44. The molecule has 2 bridgehead atoms. The molecule has 6 nitrogen and oxygen atoms in total. The Morgan fingerprint density at radius 3 is 3.11 bits per heavy atom. The van der Waals surface area contributed by atoms with Crippen molar-refractivity contribution < 1.29 is 9.66 Å². The lowest BCUT2D eigenvalue weighted by atomic mass is 9.91. The topological polar surface area (TPSA) is 76.4 Å². The number of non-ortho nitro benzene ring substituents is 1. The van der Waals surface area contributed by atoms with Crippen LogP contribution in [0, 0.1) is 10.1 Å². The van der Waals surface area contributed by atoms with Crippen LogP contribution in [0.4, 0.5) is 5.69 Å². The first-order valence-corrected chi connectivity index (χ1v) is 5.94. The van der Waals surface area contributed by atoms with Gasteiger partial charge in [0.25, 0.3) is 5.69 Å². The predicted octanol–water partition coefficient (Wildman–Crippen LogP) is 1.61. The van der Waals surface area contributed by atoms with E-state index in [1.807, 2.05) is 6.92 Å². The molecule has 1 aromatic rings. The number of hydrogen-bond donors (Lipinski definition) is 2. The van der Waals surface area contributed by atoms with Gasteiger partial charge < -0.3 is 15.4 Å². The smallest absolute Gasteiger partial charge is 0.270 e. The molecule has 18 heavy (non-hydrogen) atoms. The number of fused-ring (bicyclic) bond motifs is 4. The molecule has 0 saturated carbocycles. The van der Waals surface area contributed by atoms with Gasteiger partial charge in [0.05, 0.1) is 11.0 Å². The van der Waals surface area contributed by atoms with Gasteiger partial charge in [-0.2, -0.15) is 0 Å². The number of benzene rings is 1. The van der Waals surface area contributed by atoms with E-state index >= 15 is 0 Å². The van der Waals surface area contributed by atoms with E-state index in [0.717, 1.165) is 5.56 Å². The molecule has 3 rings (SSSR count). The van der Waals surface area contributed by atoms with Gasteiger partial charge in [-0.3, -0.25) is 10.1 Å². The van der Waals surface area contributed by atoms with E-state index < -0.39 is 10.6 Å². The molecular formula is C11H11N3O3S. The van der Waals surface area contributed by atoms with Crippen molar-refractivity contribution in [2.24, 2.45) is 0 Å². The first-order valence-electron chi connectivity index (χ1n) is 5.53. The first-order chi connectivity index (χ1) is 8.47. The standard InChI is InChI=1S/C11H11N3O3S/c1-11-5-8(12-10(18)13-11)7-4-6(14(15)16)2-3-9(7)17-11/h2-4,8H,5H2,1H3,(H2,12,13,18)/t8-,11-/m1/s1. The molecule has 2 aliphatic heterocycles. The van der Waals surface area contributed by atoms with Crippen LogP contribution in [0.15, 0.2) is 18.2 Å². The molecule has 0 aromatic heterocycles. The summed E-state index contributed by atoms with van der Waals surface area (Å²) in [4.78, 5) is 10.4. The molecule has 2 heterocycles. The summed E-state index contributed by atoms with van der Waals surface area (Å²) in [6, 6.07) is 4.57. The number of nitrogens with one attached hydrogen (secondary N) is 2. The van der Waals surface area contributed by atoms with E-state index in [1.54, 1.807) is 12.1 Å². The molecule has 7 heteroatoms. The maximum absolute atomic E-state index is 10.8. The first kappa shape index (κ1) is 11.2. The lowest BCUT2D eigenvalue weighted by molar-refractivity contribution is -0.385. The number of nitro benzene ring substituents is 1. The third-order valence-corrected chi connectivity index (χ3v) is 3.41. The van der Waals surface area contributed by atoms with Gasteiger partial charge in [-0.25, -0.2) is 0 Å². The van der Waals surface area contributed by atoms with E-state index in [4.69, 9.17) is 17.0 Å². The summed E-state index contributed by atoms with van der Waals surface area (Å²) in [5.74, 6) is 0.654. The van der Waals surface area contributed by atoms with Gasteiger partial charge >= 0.3 is 0 Å². The second-order valence-corrected chi connectivity index (χ2v) is 5.08. The highest BCUT2D eigenvalue weighted by molar-refractivity contribution is 7.80. The Balaban J connectivity index is 2.08.